The van der Waals surface area contributed by atoms with Crippen molar-refractivity contribution in [3.05, 3.63) is 12.1 Å². The third kappa shape index (κ3) is 2.82. The summed E-state index contributed by atoms with van der Waals surface area (Å²) in [7, 11) is 3.70. The van der Waals surface area contributed by atoms with Crippen LogP contribution in [0.1, 0.15) is 12.8 Å². The summed E-state index contributed by atoms with van der Waals surface area (Å²) >= 11 is 0. The Labute approximate surface area is 95.4 Å². The Bertz CT molecular complexity index is 321. The Morgan fingerprint density at radius 1 is 1.19 bits per heavy atom. The molecule has 88 valence electrons. The van der Waals surface area contributed by atoms with E-state index in [1.807, 2.05) is 0 Å². The van der Waals surface area contributed by atoms with E-state index in [0.717, 1.165) is 25.9 Å². The van der Waals surface area contributed by atoms with Crippen LogP contribution >= 0.6 is 0 Å². The maximum absolute atomic E-state index is 5.75. The second-order valence-electron chi connectivity index (χ2n) is 4.03. The minimum Gasteiger partial charge on any atom is -0.480 e. The van der Waals surface area contributed by atoms with Crippen LogP contribution in [0.5, 0.6) is 11.8 Å². The van der Waals surface area contributed by atoms with Gasteiger partial charge in [0.05, 0.1) is 7.11 Å². The smallest absolute Gasteiger partial charge is 0.233 e. The average Bonchev–Trinajstić information content (AvgIpc) is 2.33. The first-order valence-electron chi connectivity index (χ1n) is 5.51. The number of hydrogen-bond donors (Lipinski definition) is 0. The zero-order valence-electron chi connectivity index (χ0n) is 9.72. The molecule has 0 bridgehead atoms. The zero-order chi connectivity index (χ0) is 11.4. The highest BCUT2D eigenvalue weighted by atomic mass is 16.5. The number of piperidine rings is 1. The van der Waals surface area contributed by atoms with Crippen LogP contribution in [0.25, 0.3) is 0 Å². The summed E-state index contributed by atoms with van der Waals surface area (Å²) in [5.74, 6) is 1.09. The van der Waals surface area contributed by atoms with Gasteiger partial charge in [-0.25, -0.2) is 0 Å². The lowest BCUT2D eigenvalue weighted by Gasteiger charge is -2.28. The molecule has 0 aliphatic carbocycles. The molecule has 5 nitrogen and oxygen atoms in total. The number of ether oxygens (including phenoxy) is 2. The molecule has 1 saturated heterocycles. The van der Waals surface area contributed by atoms with Crippen LogP contribution in [0.3, 0.4) is 0 Å². The predicted octanol–water partition coefficient (Wildman–Crippen LogP) is 0.958. The first-order valence-corrected chi connectivity index (χ1v) is 5.51. The second kappa shape index (κ2) is 5.12. The molecule has 0 aromatic carbocycles. The number of hydrogen-bond acceptors (Lipinski definition) is 5. The molecule has 2 rings (SSSR count). The Kier molecular flexibility index (Phi) is 3.56. The third-order valence-corrected chi connectivity index (χ3v) is 2.78. The van der Waals surface area contributed by atoms with Crippen molar-refractivity contribution in [2.24, 2.45) is 0 Å². The summed E-state index contributed by atoms with van der Waals surface area (Å²) in [6.07, 6.45) is 2.35. The number of likely N-dealkylation sites (tertiary alicyclic amines) is 1. The molecule has 5 heteroatoms. The van der Waals surface area contributed by atoms with E-state index in [4.69, 9.17) is 9.47 Å². The van der Waals surface area contributed by atoms with Gasteiger partial charge in [0.2, 0.25) is 11.8 Å². The van der Waals surface area contributed by atoms with Crippen molar-refractivity contribution in [2.45, 2.75) is 18.9 Å². The molecule has 1 aromatic heterocycles. The fraction of sp³-hybridized carbons (Fsp3) is 0.636. The van der Waals surface area contributed by atoms with Gasteiger partial charge in [-0.2, -0.15) is 0 Å². The summed E-state index contributed by atoms with van der Waals surface area (Å²) in [5, 5.41) is 7.82. The van der Waals surface area contributed by atoms with E-state index in [0.29, 0.717) is 11.8 Å². The highest BCUT2D eigenvalue weighted by Crippen LogP contribution is 2.16. The molecular formula is C11H17N3O2. The molecule has 0 unspecified atom stereocenters. The normalized spacial score (nSPS) is 18.4. The van der Waals surface area contributed by atoms with Crippen LogP contribution in [0.2, 0.25) is 0 Å². The molecule has 0 N–H and O–H groups in total. The largest absolute Gasteiger partial charge is 0.480 e. The summed E-state index contributed by atoms with van der Waals surface area (Å²) in [5.41, 5.74) is 0. The minimum absolute atomic E-state index is 0.263. The molecule has 0 saturated carbocycles. The van der Waals surface area contributed by atoms with E-state index in [1.165, 1.54) is 0 Å². The number of methoxy groups -OCH3 is 1. The zero-order valence-corrected chi connectivity index (χ0v) is 9.72. The van der Waals surface area contributed by atoms with Crippen molar-refractivity contribution in [2.75, 3.05) is 27.2 Å². The van der Waals surface area contributed by atoms with Gasteiger partial charge in [0.1, 0.15) is 6.10 Å². The Morgan fingerprint density at radius 2 is 1.81 bits per heavy atom. The lowest BCUT2D eigenvalue weighted by atomic mass is 10.1. The predicted molar refractivity (Wildman–Crippen MR) is 59.7 cm³/mol. The highest BCUT2D eigenvalue weighted by molar-refractivity contribution is 5.15. The van der Waals surface area contributed by atoms with E-state index in [1.54, 1.807) is 19.2 Å². The molecule has 0 atom stereocenters. The first kappa shape index (κ1) is 11.1. The van der Waals surface area contributed by atoms with Gasteiger partial charge >= 0.3 is 0 Å². The van der Waals surface area contributed by atoms with E-state index in [9.17, 15) is 0 Å². The van der Waals surface area contributed by atoms with Crippen LogP contribution in [-0.2, 0) is 0 Å². The van der Waals surface area contributed by atoms with E-state index in [-0.39, 0.29) is 6.10 Å². The average molecular weight is 223 g/mol. The lowest BCUT2D eigenvalue weighted by Crippen LogP contribution is -2.35. The molecule has 1 aromatic rings. The molecule has 1 aliphatic rings. The fourth-order valence-corrected chi connectivity index (χ4v) is 1.75. The van der Waals surface area contributed by atoms with Gasteiger partial charge in [-0.05, 0) is 19.9 Å². The SMILES string of the molecule is COc1ccc(OC2CCN(C)CC2)nn1. The standard InChI is InChI=1S/C11H17N3O2/c1-14-7-5-9(6-8-14)16-11-4-3-10(15-2)12-13-11/h3-4,9H,5-8H2,1-2H3. The van der Waals surface area contributed by atoms with Crippen LogP contribution in [0.15, 0.2) is 12.1 Å². The summed E-state index contributed by atoms with van der Waals surface area (Å²) in [6.45, 7) is 2.16. The van der Waals surface area contributed by atoms with Gasteiger partial charge in [-0.3, -0.25) is 0 Å². The number of nitrogens with zero attached hydrogens (tertiary/aromatic N) is 3. The van der Waals surface area contributed by atoms with Crippen LogP contribution in [-0.4, -0.2) is 48.4 Å². The Morgan fingerprint density at radius 3 is 2.38 bits per heavy atom. The highest BCUT2D eigenvalue weighted by Gasteiger charge is 2.18. The van der Waals surface area contributed by atoms with Gasteiger partial charge in [0.15, 0.2) is 0 Å². The maximum atomic E-state index is 5.75. The van der Waals surface area contributed by atoms with Crippen molar-refractivity contribution in [3.63, 3.8) is 0 Å². The quantitative estimate of drug-likeness (QED) is 0.763. The molecule has 16 heavy (non-hydrogen) atoms. The monoisotopic (exact) mass is 223 g/mol. The van der Waals surface area contributed by atoms with Crippen LogP contribution in [0, 0.1) is 0 Å². The van der Waals surface area contributed by atoms with Gasteiger partial charge in [-0.15, -0.1) is 10.2 Å². The van der Waals surface area contributed by atoms with Crippen LogP contribution < -0.4 is 9.47 Å². The molecule has 0 radical (unpaired) electrons. The Hall–Kier alpha value is -1.36. The van der Waals surface area contributed by atoms with Crippen molar-refractivity contribution < 1.29 is 9.47 Å². The molecule has 0 amide bonds. The molecule has 0 spiro atoms. The van der Waals surface area contributed by atoms with Crippen LogP contribution in [0.4, 0.5) is 0 Å². The van der Waals surface area contributed by atoms with Crippen molar-refractivity contribution in [3.8, 4) is 11.8 Å². The Balaban J connectivity index is 1.88. The number of aromatic nitrogens is 2. The van der Waals surface area contributed by atoms with Gasteiger partial charge in [0.25, 0.3) is 0 Å². The molecular weight excluding hydrogens is 206 g/mol. The minimum atomic E-state index is 0.263. The molecule has 1 fully saturated rings. The van der Waals surface area contributed by atoms with Gasteiger partial charge in [0, 0.05) is 25.2 Å². The number of rotatable bonds is 3. The fourth-order valence-electron chi connectivity index (χ4n) is 1.75. The van der Waals surface area contributed by atoms with E-state index in [2.05, 4.69) is 22.1 Å². The second-order valence-corrected chi connectivity index (χ2v) is 4.03. The van der Waals surface area contributed by atoms with Crippen molar-refractivity contribution in [1.82, 2.24) is 15.1 Å². The van der Waals surface area contributed by atoms with E-state index < -0.39 is 0 Å². The topological polar surface area (TPSA) is 47.5 Å². The van der Waals surface area contributed by atoms with Gasteiger partial charge < -0.3 is 14.4 Å². The summed E-state index contributed by atoms with van der Waals surface area (Å²) in [4.78, 5) is 2.31. The van der Waals surface area contributed by atoms with Gasteiger partial charge in [-0.1, -0.05) is 0 Å². The molecule has 1 aliphatic heterocycles. The third-order valence-electron chi connectivity index (χ3n) is 2.78. The summed E-state index contributed by atoms with van der Waals surface area (Å²) < 4.78 is 10.7. The first-order chi connectivity index (χ1) is 7.78. The lowest BCUT2D eigenvalue weighted by molar-refractivity contribution is 0.108. The maximum Gasteiger partial charge on any atom is 0.233 e. The summed E-state index contributed by atoms with van der Waals surface area (Å²) in [6, 6.07) is 3.56. The molecule has 2 heterocycles. The van der Waals surface area contributed by atoms with E-state index >= 15 is 0 Å². The van der Waals surface area contributed by atoms with Crippen molar-refractivity contribution >= 4 is 0 Å². The van der Waals surface area contributed by atoms with Crippen molar-refractivity contribution in [1.29, 1.82) is 0 Å².